The number of oxazole rings is 1. The van der Waals surface area contributed by atoms with Gasteiger partial charge in [0.05, 0.1) is 0 Å². The van der Waals surface area contributed by atoms with Crippen molar-refractivity contribution in [3.63, 3.8) is 0 Å². The van der Waals surface area contributed by atoms with Crippen LogP contribution < -0.4 is 5.32 Å². The Hall–Kier alpha value is -2.83. The van der Waals surface area contributed by atoms with E-state index < -0.39 is 12.1 Å². The molecule has 0 spiro atoms. The van der Waals surface area contributed by atoms with E-state index >= 15 is 0 Å². The summed E-state index contributed by atoms with van der Waals surface area (Å²) >= 11 is 0. The number of aryl methyl sites for hydroxylation is 1. The number of hydrogen-bond acceptors (Lipinski definition) is 3. The van der Waals surface area contributed by atoms with Crippen molar-refractivity contribution >= 4 is 22.7 Å². The Morgan fingerprint density at radius 3 is 2.48 bits per heavy atom. The molecule has 1 amide bonds. The van der Waals surface area contributed by atoms with Gasteiger partial charge in [0.1, 0.15) is 5.52 Å². The zero-order chi connectivity index (χ0) is 16.6. The Labute approximate surface area is 128 Å². The van der Waals surface area contributed by atoms with Gasteiger partial charge in [0, 0.05) is 17.3 Å². The third-order valence-corrected chi connectivity index (χ3v) is 3.20. The molecular formula is C16H11F3N2O2. The smallest absolute Gasteiger partial charge is 0.436 e. The second-order valence-corrected chi connectivity index (χ2v) is 5.02. The van der Waals surface area contributed by atoms with E-state index in [0.717, 1.165) is 11.1 Å². The highest BCUT2D eigenvalue weighted by Crippen LogP contribution is 2.27. The van der Waals surface area contributed by atoms with Gasteiger partial charge in [-0.3, -0.25) is 4.79 Å². The average Bonchev–Trinajstić information content (AvgIpc) is 2.90. The fourth-order valence-electron chi connectivity index (χ4n) is 2.02. The summed E-state index contributed by atoms with van der Waals surface area (Å²) in [7, 11) is 0. The summed E-state index contributed by atoms with van der Waals surface area (Å²) in [6.07, 6.45) is -4.94. The molecule has 0 saturated heterocycles. The Morgan fingerprint density at radius 2 is 1.83 bits per heavy atom. The van der Waals surface area contributed by atoms with E-state index in [1.165, 1.54) is 18.2 Å². The van der Waals surface area contributed by atoms with Crippen molar-refractivity contribution in [3.8, 4) is 11.5 Å². The molecule has 2 aromatic carbocycles. The molecule has 0 aliphatic carbocycles. The number of nitrogens with one attached hydrogen (secondary N) is 1. The summed E-state index contributed by atoms with van der Waals surface area (Å²) in [5.41, 5.74) is 2.62. The molecular weight excluding hydrogens is 309 g/mol. The molecule has 0 radical (unpaired) electrons. The van der Waals surface area contributed by atoms with Crippen LogP contribution in [-0.2, 0) is 4.79 Å². The van der Waals surface area contributed by atoms with Gasteiger partial charge in [-0.05, 0) is 31.2 Å². The predicted molar refractivity (Wildman–Crippen MR) is 78.9 cm³/mol. The highest BCUT2D eigenvalue weighted by Gasteiger charge is 2.38. The van der Waals surface area contributed by atoms with E-state index in [-0.39, 0.29) is 5.69 Å². The first kappa shape index (κ1) is 15.1. The highest BCUT2D eigenvalue weighted by atomic mass is 19.4. The number of halogens is 3. The molecule has 0 aliphatic heterocycles. The van der Waals surface area contributed by atoms with Crippen molar-refractivity contribution < 1.29 is 22.4 Å². The van der Waals surface area contributed by atoms with E-state index in [2.05, 4.69) is 4.98 Å². The maximum Gasteiger partial charge on any atom is 0.471 e. The van der Waals surface area contributed by atoms with Crippen LogP contribution in [0.3, 0.4) is 0 Å². The largest absolute Gasteiger partial charge is 0.471 e. The molecule has 23 heavy (non-hydrogen) atoms. The summed E-state index contributed by atoms with van der Waals surface area (Å²) in [6, 6.07) is 11.6. The molecule has 3 rings (SSSR count). The number of rotatable bonds is 2. The molecule has 0 aliphatic rings. The molecule has 0 atom stereocenters. The average molecular weight is 320 g/mol. The number of aromatic nitrogens is 1. The molecule has 118 valence electrons. The molecule has 0 fully saturated rings. The van der Waals surface area contributed by atoms with Crippen LogP contribution in [0.2, 0.25) is 0 Å². The number of alkyl halides is 3. The van der Waals surface area contributed by atoms with Crippen molar-refractivity contribution in [1.82, 2.24) is 4.98 Å². The highest BCUT2D eigenvalue weighted by molar-refractivity contribution is 5.96. The third-order valence-electron chi connectivity index (χ3n) is 3.20. The lowest BCUT2D eigenvalue weighted by atomic mass is 10.1. The van der Waals surface area contributed by atoms with Gasteiger partial charge >= 0.3 is 12.1 Å². The van der Waals surface area contributed by atoms with E-state index in [1.54, 1.807) is 5.32 Å². The van der Waals surface area contributed by atoms with E-state index in [4.69, 9.17) is 4.42 Å². The lowest BCUT2D eigenvalue weighted by molar-refractivity contribution is -0.167. The minimum atomic E-state index is -4.94. The van der Waals surface area contributed by atoms with Crippen LogP contribution in [0, 0.1) is 6.92 Å². The number of nitrogens with zero attached hydrogens (tertiary/aromatic N) is 1. The van der Waals surface area contributed by atoms with Gasteiger partial charge in [-0.25, -0.2) is 4.98 Å². The first-order valence-electron chi connectivity index (χ1n) is 6.69. The fraction of sp³-hybridized carbons (Fsp3) is 0.125. The maximum absolute atomic E-state index is 12.3. The van der Waals surface area contributed by atoms with Gasteiger partial charge in [0.15, 0.2) is 5.58 Å². The SMILES string of the molecule is Cc1ccc(-c2nc3ccc(NC(=O)C(F)(F)F)cc3o2)cc1. The normalized spacial score (nSPS) is 11.7. The minimum Gasteiger partial charge on any atom is -0.436 e. The van der Waals surface area contributed by atoms with Crippen LogP contribution >= 0.6 is 0 Å². The van der Waals surface area contributed by atoms with Crippen LogP contribution in [-0.4, -0.2) is 17.1 Å². The van der Waals surface area contributed by atoms with Crippen molar-refractivity contribution in [2.24, 2.45) is 0 Å². The summed E-state index contributed by atoms with van der Waals surface area (Å²) in [5, 5.41) is 1.78. The van der Waals surface area contributed by atoms with Crippen LogP contribution in [0.5, 0.6) is 0 Å². The second kappa shape index (κ2) is 5.42. The minimum absolute atomic E-state index is 0.00793. The predicted octanol–water partition coefficient (Wildman–Crippen LogP) is 4.30. The van der Waals surface area contributed by atoms with Gasteiger partial charge in [-0.1, -0.05) is 17.7 Å². The molecule has 1 aromatic heterocycles. The van der Waals surface area contributed by atoms with Crippen molar-refractivity contribution in [2.45, 2.75) is 13.1 Å². The number of hydrogen-bond donors (Lipinski definition) is 1. The molecule has 4 nitrogen and oxygen atoms in total. The van der Waals surface area contributed by atoms with Gasteiger partial charge < -0.3 is 9.73 Å². The number of carbonyl (C=O) groups is 1. The van der Waals surface area contributed by atoms with Gasteiger partial charge in [-0.2, -0.15) is 13.2 Å². The Morgan fingerprint density at radius 1 is 1.13 bits per heavy atom. The molecule has 1 heterocycles. The number of fused-ring (bicyclic) bond motifs is 1. The Kier molecular flexibility index (Phi) is 3.55. The number of amides is 1. The van der Waals surface area contributed by atoms with Crippen molar-refractivity contribution in [1.29, 1.82) is 0 Å². The lowest BCUT2D eigenvalue weighted by Gasteiger charge is -2.07. The van der Waals surface area contributed by atoms with E-state index in [1.807, 2.05) is 31.2 Å². The topological polar surface area (TPSA) is 55.1 Å². The quantitative estimate of drug-likeness (QED) is 0.766. The van der Waals surface area contributed by atoms with E-state index in [0.29, 0.717) is 17.0 Å². The maximum atomic E-state index is 12.3. The standard InChI is InChI=1S/C16H11F3N2O2/c1-9-2-4-10(5-3-9)14-21-12-7-6-11(8-13(12)23-14)20-15(22)16(17,18)19/h2-8H,1H3,(H,20,22). The number of anilines is 1. The fourth-order valence-corrected chi connectivity index (χ4v) is 2.02. The molecule has 0 saturated carbocycles. The van der Waals surface area contributed by atoms with Gasteiger partial charge in [0.25, 0.3) is 0 Å². The Balaban J connectivity index is 1.92. The van der Waals surface area contributed by atoms with Gasteiger partial charge in [0.2, 0.25) is 5.89 Å². The zero-order valence-corrected chi connectivity index (χ0v) is 11.9. The summed E-state index contributed by atoms with van der Waals surface area (Å²) < 4.78 is 42.3. The first-order chi connectivity index (χ1) is 10.8. The summed E-state index contributed by atoms with van der Waals surface area (Å²) in [4.78, 5) is 15.2. The molecule has 1 N–H and O–H groups in total. The first-order valence-corrected chi connectivity index (χ1v) is 6.69. The van der Waals surface area contributed by atoms with E-state index in [9.17, 15) is 18.0 Å². The zero-order valence-electron chi connectivity index (χ0n) is 11.9. The van der Waals surface area contributed by atoms with Crippen LogP contribution in [0.15, 0.2) is 46.9 Å². The number of carbonyl (C=O) groups excluding carboxylic acids is 1. The molecule has 7 heteroatoms. The van der Waals surface area contributed by atoms with Gasteiger partial charge in [-0.15, -0.1) is 0 Å². The summed E-state index contributed by atoms with van der Waals surface area (Å²) in [5.74, 6) is -1.67. The molecule has 0 bridgehead atoms. The van der Waals surface area contributed by atoms with Crippen LogP contribution in [0.25, 0.3) is 22.6 Å². The summed E-state index contributed by atoms with van der Waals surface area (Å²) in [6.45, 7) is 1.95. The third kappa shape index (κ3) is 3.18. The monoisotopic (exact) mass is 320 g/mol. The molecule has 0 unspecified atom stereocenters. The lowest BCUT2D eigenvalue weighted by Crippen LogP contribution is -2.29. The van der Waals surface area contributed by atoms with Crippen molar-refractivity contribution in [3.05, 3.63) is 48.0 Å². The number of benzene rings is 2. The van der Waals surface area contributed by atoms with Crippen molar-refractivity contribution in [2.75, 3.05) is 5.32 Å². The van der Waals surface area contributed by atoms with Crippen LogP contribution in [0.4, 0.5) is 18.9 Å². The van der Waals surface area contributed by atoms with Crippen LogP contribution in [0.1, 0.15) is 5.56 Å². The second-order valence-electron chi connectivity index (χ2n) is 5.02. The molecule has 3 aromatic rings. The Bertz CT molecular complexity index is 867.